The van der Waals surface area contributed by atoms with E-state index in [-0.39, 0.29) is 25.4 Å². The largest absolute Gasteiger partial charge is 0.396 e. The zero-order valence-electron chi connectivity index (χ0n) is 17.1. The molecule has 0 aromatic carbocycles. The molecule has 3 rings (SSSR count). The summed E-state index contributed by atoms with van der Waals surface area (Å²) in [4.78, 5) is 0. The smallest absolute Gasteiger partial charge is 0.200 e. The Morgan fingerprint density at radius 2 is 1.93 bits per heavy atom. The highest BCUT2D eigenvalue weighted by Gasteiger charge is 2.62. The Labute approximate surface area is 168 Å². The Bertz CT molecular complexity index is 573. The molecule has 0 radical (unpaired) electrons. The van der Waals surface area contributed by atoms with E-state index in [0.29, 0.717) is 38.5 Å². The molecule has 0 aromatic rings. The normalized spacial score (nSPS) is 41.3. The average Bonchev–Trinajstić information content (AvgIpc) is 2.98. The van der Waals surface area contributed by atoms with Crippen molar-refractivity contribution >= 4 is 0 Å². The quantitative estimate of drug-likeness (QED) is 0.574. The maximum absolute atomic E-state index is 11.1. The Hall–Kier alpha value is -0.760. The molecular weight excluding hydrogens is 360 g/mol. The van der Waals surface area contributed by atoms with Gasteiger partial charge in [-0.15, -0.1) is 0 Å². The van der Waals surface area contributed by atoms with Crippen molar-refractivity contribution < 1.29 is 29.5 Å². The van der Waals surface area contributed by atoms with Gasteiger partial charge in [0.05, 0.1) is 12.2 Å². The molecule has 2 spiro atoms. The molecule has 6 heteroatoms. The highest BCUT2D eigenvalue weighted by molar-refractivity contribution is 5.06. The van der Waals surface area contributed by atoms with Gasteiger partial charge in [-0.2, -0.15) is 0 Å². The Morgan fingerprint density at radius 1 is 1.11 bits per heavy atom. The first-order valence-corrected chi connectivity index (χ1v) is 10.7. The molecular formula is C22H36O6. The summed E-state index contributed by atoms with van der Waals surface area (Å²) >= 11 is 0. The number of hydrogen-bond donors (Lipinski definition) is 3. The molecule has 5 atom stereocenters. The topological polar surface area (TPSA) is 88.4 Å². The van der Waals surface area contributed by atoms with Gasteiger partial charge in [0.25, 0.3) is 0 Å². The lowest BCUT2D eigenvalue weighted by Gasteiger charge is -2.50. The van der Waals surface area contributed by atoms with Crippen LogP contribution in [0.15, 0.2) is 24.3 Å². The Kier molecular flexibility index (Phi) is 7.00. The van der Waals surface area contributed by atoms with Crippen molar-refractivity contribution in [3.05, 3.63) is 24.3 Å². The van der Waals surface area contributed by atoms with Gasteiger partial charge in [0.15, 0.2) is 5.79 Å². The highest BCUT2D eigenvalue weighted by Crippen LogP contribution is 2.53. The third-order valence-corrected chi connectivity index (χ3v) is 6.36. The number of ether oxygens (including phenoxy) is 3. The standard InChI is InChI=1S/C22H36O6/c1-17(9-15-24)16-19-8-11-20(2,25)22(27-19)13-12-21(28-22)10-5-7-18(26-21)6-3-4-14-23/h3,6,18-19,23-25H,1,4-5,7-16H2,2H3/b6-3+/t18-,19-,20?,21+,22+/m0/s1. The van der Waals surface area contributed by atoms with Crippen molar-refractivity contribution in [3.63, 3.8) is 0 Å². The molecule has 3 aliphatic rings. The molecule has 6 nitrogen and oxygen atoms in total. The van der Waals surface area contributed by atoms with Crippen LogP contribution in [0.1, 0.15) is 71.1 Å². The summed E-state index contributed by atoms with van der Waals surface area (Å²) in [5.74, 6) is -1.79. The number of aliphatic hydroxyl groups is 3. The predicted octanol–water partition coefficient (Wildman–Crippen LogP) is 2.96. The third kappa shape index (κ3) is 4.69. The van der Waals surface area contributed by atoms with E-state index < -0.39 is 17.2 Å². The van der Waals surface area contributed by atoms with Gasteiger partial charge in [0, 0.05) is 32.5 Å². The second kappa shape index (κ2) is 8.94. The molecule has 3 saturated heterocycles. The summed E-state index contributed by atoms with van der Waals surface area (Å²) in [5, 5.41) is 29.2. The van der Waals surface area contributed by atoms with Crippen LogP contribution in [0.25, 0.3) is 0 Å². The SMILES string of the molecule is C=C(CCO)C[C@@H]1CCC(C)(O)[C@]2(CC[C@@]3(CCC[C@H](/C=C/CCO)O3)O2)O1. The fraction of sp³-hybridized carbons (Fsp3) is 0.818. The van der Waals surface area contributed by atoms with E-state index >= 15 is 0 Å². The van der Waals surface area contributed by atoms with E-state index in [1.54, 1.807) is 6.92 Å². The summed E-state index contributed by atoms with van der Waals surface area (Å²) in [6.07, 6.45) is 11.0. The second-order valence-corrected chi connectivity index (χ2v) is 8.73. The minimum atomic E-state index is -1.08. The third-order valence-electron chi connectivity index (χ3n) is 6.36. The van der Waals surface area contributed by atoms with E-state index in [9.17, 15) is 5.11 Å². The van der Waals surface area contributed by atoms with Gasteiger partial charge in [-0.05, 0) is 51.9 Å². The van der Waals surface area contributed by atoms with Gasteiger partial charge in [0.2, 0.25) is 5.79 Å². The first kappa shape index (κ1) is 21.9. The van der Waals surface area contributed by atoms with Crippen LogP contribution in [0.2, 0.25) is 0 Å². The molecule has 0 bridgehead atoms. The van der Waals surface area contributed by atoms with Gasteiger partial charge in [-0.1, -0.05) is 24.3 Å². The van der Waals surface area contributed by atoms with E-state index in [1.807, 2.05) is 12.2 Å². The van der Waals surface area contributed by atoms with Crippen LogP contribution in [-0.4, -0.2) is 57.9 Å². The van der Waals surface area contributed by atoms with Crippen LogP contribution in [0.4, 0.5) is 0 Å². The van der Waals surface area contributed by atoms with Gasteiger partial charge in [-0.3, -0.25) is 0 Å². The first-order valence-electron chi connectivity index (χ1n) is 10.7. The molecule has 0 amide bonds. The van der Waals surface area contributed by atoms with Crippen LogP contribution in [-0.2, 0) is 14.2 Å². The monoisotopic (exact) mass is 396 g/mol. The van der Waals surface area contributed by atoms with E-state index in [4.69, 9.17) is 24.4 Å². The lowest BCUT2D eigenvalue weighted by molar-refractivity contribution is -0.398. The molecule has 0 aromatic heterocycles. The van der Waals surface area contributed by atoms with Crippen molar-refractivity contribution in [2.24, 2.45) is 0 Å². The van der Waals surface area contributed by atoms with E-state index in [2.05, 4.69) is 6.58 Å². The zero-order chi connectivity index (χ0) is 20.3. The van der Waals surface area contributed by atoms with E-state index in [0.717, 1.165) is 31.3 Å². The number of rotatable bonds is 7. The second-order valence-electron chi connectivity index (χ2n) is 8.73. The molecule has 0 saturated carbocycles. The Morgan fingerprint density at radius 3 is 2.68 bits per heavy atom. The van der Waals surface area contributed by atoms with E-state index in [1.165, 1.54) is 0 Å². The van der Waals surface area contributed by atoms with Crippen LogP contribution in [0.5, 0.6) is 0 Å². The van der Waals surface area contributed by atoms with Gasteiger partial charge >= 0.3 is 0 Å². The number of hydrogen-bond acceptors (Lipinski definition) is 6. The molecule has 3 N–H and O–H groups in total. The lowest BCUT2D eigenvalue weighted by atomic mass is 9.82. The molecule has 0 aliphatic carbocycles. The van der Waals surface area contributed by atoms with Gasteiger partial charge in [0.1, 0.15) is 5.60 Å². The van der Waals surface area contributed by atoms with Crippen molar-refractivity contribution in [3.8, 4) is 0 Å². The maximum Gasteiger partial charge on any atom is 0.200 e. The zero-order valence-corrected chi connectivity index (χ0v) is 17.1. The van der Waals surface area contributed by atoms with Gasteiger partial charge < -0.3 is 29.5 Å². The van der Waals surface area contributed by atoms with Crippen molar-refractivity contribution in [2.75, 3.05) is 13.2 Å². The summed E-state index contributed by atoms with van der Waals surface area (Å²) < 4.78 is 19.2. The van der Waals surface area contributed by atoms with Crippen molar-refractivity contribution in [2.45, 2.75) is 101 Å². The summed E-state index contributed by atoms with van der Waals surface area (Å²) in [6.45, 7) is 6.05. The van der Waals surface area contributed by atoms with Crippen LogP contribution in [0.3, 0.4) is 0 Å². The fourth-order valence-corrected chi connectivity index (χ4v) is 4.72. The summed E-state index contributed by atoms with van der Waals surface area (Å²) in [7, 11) is 0. The van der Waals surface area contributed by atoms with Crippen molar-refractivity contribution in [1.82, 2.24) is 0 Å². The van der Waals surface area contributed by atoms with Crippen molar-refractivity contribution in [1.29, 1.82) is 0 Å². The molecule has 160 valence electrons. The molecule has 3 aliphatic heterocycles. The predicted molar refractivity (Wildman–Crippen MR) is 106 cm³/mol. The van der Waals surface area contributed by atoms with Gasteiger partial charge in [-0.25, -0.2) is 0 Å². The fourth-order valence-electron chi connectivity index (χ4n) is 4.72. The lowest BCUT2D eigenvalue weighted by Crippen LogP contribution is -2.60. The summed E-state index contributed by atoms with van der Waals surface area (Å²) in [6, 6.07) is 0. The first-order chi connectivity index (χ1) is 13.3. The maximum atomic E-state index is 11.1. The van der Waals surface area contributed by atoms with Crippen LogP contribution in [0, 0.1) is 0 Å². The molecule has 1 unspecified atom stereocenters. The van der Waals surface area contributed by atoms with Crippen LogP contribution >= 0.6 is 0 Å². The molecule has 3 fully saturated rings. The minimum absolute atomic E-state index is 0.0379. The molecule has 28 heavy (non-hydrogen) atoms. The highest BCUT2D eigenvalue weighted by atomic mass is 16.8. The Balaban J connectivity index is 1.69. The average molecular weight is 397 g/mol. The number of aliphatic hydroxyl groups excluding tert-OH is 2. The van der Waals surface area contributed by atoms with Crippen LogP contribution < -0.4 is 0 Å². The minimum Gasteiger partial charge on any atom is -0.396 e. The molecule has 3 heterocycles. The summed E-state index contributed by atoms with van der Waals surface area (Å²) in [5.41, 5.74) is -0.117.